The second kappa shape index (κ2) is 5.52. The third-order valence-corrected chi connectivity index (χ3v) is 3.36. The summed E-state index contributed by atoms with van der Waals surface area (Å²) in [5, 5.41) is 0.238. The number of nitrogens with two attached hydrogens (primary N) is 1. The molecular weight excluding hydrogens is 257 g/mol. The molecule has 1 aliphatic carbocycles. The van der Waals surface area contributed by atoms with Crippen LogP contribution in [0.1, 0.15) is 25.7 Å². The lowest BCUT2D eigenvalue weighted by Crippen LogP contribution is -2.41. The number of amides is 1. The molecule has 1 aliphatic rings. The van der Waals surface area contributed by atoms with Crippen molar-refractivity contribution in [2.45, 2.75) is 31.7 Å². The van der Waals surface area contributed by atoms with Crippen molar-refractivity contribution in [1.82, 2.24) is 4.98 Å². The molecule has 98 valence electrons. The SMILES string of the molecule is NC(=O)CN(c1ncc(Cl)cc1F)C1CCCC1. The van der Waals surface area contributed by atoms with Crippen LogP contribution in [0.5, 0.6) is 0 Å². The highest BCUT2D eigenvalue weighted by atomic mass is 35.5. The monoisotopic (exact) mass is 271 g/mol. The first-order valence-corrected chi connectivity index (χ1v) is 6.31. The van der Waals surface area contributed by atoms with E-state index in [2.05, 4.69) is 4.98 Å². The molecule has 1 amide bonds. The summed E-state index contributed by atoms with van der Waals surface area (Å²) in [6.45, 7) is -0.0176. The number of anilines is 1. The number of hydrogen-bond donors (Lipinski definition) is 1. The summed E-state index contributed by atoms with van der Waals surface area (Å²) in [4.78, 5) is 16.8. The minimum Gasteiger partial charge on any atom is -0.368 e. The van der Waals surface area contributed by atoms with Crippen molar-refractivity contribution in [3.63, 3.8) is 0 Å². The zero-order valence-electron chi connectivity index (χ0n) is 9.90. The van der Waals surface area contributed by atoms with Gasteiger partial charge in [-0.05, 0) is 18.9 Å². The zero-order valence-corrected chi connectivity index (χ0v) is 10.7. The van der Waals surface area contributed by atoms with Crippen molar-refractivity contribution >= 4 is 23.3 Å². The van der Waals surface area contributed by atoms with Gasteiger partial charge in [-0.2, -0.15) is 0 Å². The molecule has 0 aliphatic heterocycles. The van der Waals surface area contributed by atoms with Gasteiger partial charge in [-0.1, -0.05) is 24.4 Å². The van der Waals surface area contributed by atoms with Crippen LogP contribution in [0.3, 0.4) is 0 Å². The van der Waals surface area contributed by atoms with E-state index in [4.69, 9.17) is 17.3 Å². The Kier molecular flexibility index (Phi) is 4.01. The van der Waals surface area contributed by atoms with Crippen molar-refractivity contribution in [2.75, 3.05) is 11.4 Å². The van der Waals surface area contributed by atoms with Crippen LogP contribution >= 0.6 is 11.6 Å². The Morgan fingerprint density at radius 1 is 1.56 bits per heavy atom. The van der Waals surface area contributed by atoms with Crippen LogP contribution in [0.2, 0.25) is 5.02 Å². The van der Waals surface area contributed by atoms with Crippen LogP contribution in [-0.4, -0.2) is 23.5 Å². The molecule has 2 rings (SSSR count). The second-order valence-corrected chi connectivity index (χ2v) is 4.93. The number of pyridine rings is 1. The third-order valence-electron chi connectivity index (χ3n) is 3.15. The molecule has 4 nitrogen and oxygen atoms in total. The summed E-state index contributed by atoms with van der Waals surface area (Å²) in [6, 6.07) is 1.33. The maximum atomic E-state index is 13.9. The molecule has 0 saturated heterocycles. The van der Waals surface area contributed by atoms with Crippen molar-refractivity contribution < 1.29 is 9.18 Å². The van der Waals surface area contributed by atoms with Crippen LogP contribution in [0, 0.1) is 5.82 Å². The number of nitrogens with zero attached hydrogens (tertiary/aromatic N) is 2. The van der Waals surface area contributed by atoms with Crippen molar-refractivity contribution in [2.24, 2.45) is 5.73 Å². The standard InChI is InChI=1S/C12H15ClFN3O/c13-8-5-10(14)12(16-6-8)17(7-11(15)18)9-3-1-2-4-9/h5-6,9H,1-4,7H2,(H2,15,18). The van der Waals surface area contributed by atoms with Gasteiger partial charge in [0.25, 0.3) is 0 Å². The molecule has 18 heavy (non-hydrogen) atoms. The molecule has 1 saturated carbocycles. The van der Waals surface area contributed by atoms with Crippen LogP contribution in [0.25, 0.3) is 0 Å². The first-order valence-electron chi connectivity index (χ1n) is 5.94. The molecule has 0 aromatic carbocycles. The number of carbonyl (C=O) groups is 1. The molecule has 1 fully saturated rings. The van der Waals surface area contributed by atoms with E-state index >= 15 is 0 Å². The highest BCUT2D eigenvalue weighted by molar-refractivity contribution is 6.30. The molecule has 0 spiro atoms. The fourth-order valence-electron chi connectivity index (χ4n) is 2.38. The summed E-state index contributed by atoms with van der Waals surface area (Å²) >= 11 is 5.67. The smallest absolute Gasteiger partial charge is 0.237 e. The maximum Gasteiger partial charge on any atom is 0.237 e. The Morgan fingerprint density at radius 2 is 2.22 bits per heavy atom. The lowest BCUT2D eigenvalue weighted by atomic mass is 10.2. The number of rotatable bonds is 4. The normalized spacial score (nSPS) is 15.9. The summed E-state index contributed by atoms with van der Waals surface area (Å²) in [7, 11) is 0. The summed E-state index contributed by atoms with van der Waals surface area (Å²) in [6.07, 6.45) is 5.39. The predicted molar refractivity (Wildman–Crippen MR) is 68.0 cm³/mol. The van der Waals surface area contributed by atoms with Crippen LogP contribution < -0.4 is 10.6 Å². The lowest BCUT2D eigenvalue weighted by Gasteiger charge is -2.29. The first kappa shape index (κ1) is 13.1. The number of primary amides is 1. The third kappa shape index (κ3) is 2.90. The topological polar surface area (TPSA) is 59.2 Å². The molecule has 0 radical (unpaired) electrons. The highest BCUT2D eigenvalue weighted by Gasteiger charge is 2.27. The van der Waals surface area contributed by atoms with E-state index in [0.29, 0.717) is 0 Å². The molecule has 6 heteroatoms. The molecular formula is C12H15ClFN3O. The fraction of sp³-hybridized carbons (Fsp3) is 0.500. The van der Waals surface area contributed by atoms with Crippen LogP contribution in [-0.2, 0) is 4.79 Å². The Balaban J connectivity index is 2.29. The van der Waals surface area contributed by atoms with E-state index in [0.717, 1.165) is 25.7 Å². The Labute approximate surface area is 110 Å². The Hall–Kier alpha value is -1.36. The van der Waals surface area contributed by atoms with Gasteiger partial charge in [0.05, 0.1) is 11.6 Å². The van der Waals surface area contributed by atoms with Gasteiger partial charge in [-0.15, -0.1) is 0 Å². The van der Waals surface area contributed by atoms with Gasteiger partial charge in [0.15, 0.2) is 11.6 Å². The van der Waals surface area contributed by atoms with E-state index in [-0.39, 0.29) is 23.4 Å². The van der Waals surface area contributed by atoms with E-state index < -0.39 is 11.7 Å². The number of carbonyl (C=O) groups excluding carboxylic acids is 1. The van der Waals surface area contributed by atoms with Gasteiger partial charge in [0.1, 0.15) is 0 Å². The number of hydrogen-bond acceptors (Lipinski definition) is 3. The maximum absolute atomic E-state index is 13.9. The Morgan fingerprint density at radius 3 is 2.78 bits per heavy atom. The molecule has 1 aromatic heterocycles. The van der Waals surface area contributed by atoms with Crippen molar-refractivity contribution in [3.05, 3.63) is 23.1 Å². The molecule has 1 aromatic rings. The van der Waals surface area contributed by atoms with Gasteiger partial charge >= 0.3 is 0 Å². The average molecular weight is 272 g/mol. The van der Waals surface area contributed by atoms with E-state index in [1.807, 2.05) is 0 Å². The number of halogens is 2. The second-order valence-electron chi connectivity index (χ2n) is 4.49. The van der Waals surface area contributed by atoms with E-state index in [1.54, 1.807) is 4.90 Å². The van der Waals surface area contributed by atoms with Gasteiger partial charge in [0, 0.05) is 12.2 Å². The fourth-order valence-corrected chi connectivity index (χ4v) is 2.52. The summed E-state index contributed by atoms with van der Waals surface area (Å²) in [5.41, 5.74) is 5.22. The quantitative estimate of drug-likeness (QED) is 0.912. The summed E-state index contributed by atoms with van der Waals surface area (Å²) < 4.78 is 13.9. The lowest BCUT2D eigenvalue weighted by molar-refractivity contribution is -0.116. The van der Waals surface area contributed by atoms with Crippen molar-refractivity contribution in [3.8, 4) is 0 Å². The highest BCUT2D eigenvalue weighted by Crippen LogP contribution is 2.29. The molecule has 2 N–H and O–H groups in total. The van der Waals surface area contributed by atoms with E-state index in [9.17, 15) is 9.18 Å². The summed E-state index contributed by atoms with van der Waals surface area (Å²) in [5.74, 6) is -0.848. The first-order chi connectivity index (χ1) is 8.58. The molecule has 1 heterocycles. The molecule has 0 bridgehead atoms. The van der Waals surface area contributed by atoms with Crippen LogP contribution in [0.15, 0.2) is 12.3 Å². The zero-order chi connectivity index (χ0) is 13.1. The van der Waals surface area contributed by atoms with Gasteiger partial charge < -0.3 is 10.6 Å². The molecule has 0 unspecified atom stereocenters. The van der Waals surface area contributed by atoms with Gasteiger partial charge in [-0.3, -0.25) is 4.79 Å². The van der Waals surface area contributed by atoms with Crippen LogP contribution in [0.4, 0.5) is 10.2 Å². The van der Waals surface area contributed by atoms with Gasteiger partial charge in [0.2, 0.25) is 5.91 Å². The molecule has 0 atom stereocenters. The Bertz CT molecular complexity index is 449. The van der Waals surface area contributed by atoms with Gasteiger partial charge in [-0.25, -0.2) is 9.37 Å². The minimum absolute atomic E-state index is 0.0176. The number of aromatic nitrogens is 1. The predicted octanol–water partition coefficient (Wildman–Crippen LogP) is 2.11. The largest absolute Gasteiger partial charge is 0.368 e. The average Bonchev–Trinajstić information content (AvgIpc) is 2.79. The van der Waals surface area contributed by atoms with E-state index in [1.165, 1.54) is 12.3 Å². The minimum atomic E-state index is -0.518. The van der Waals surface area contributed by atoms with Crippen molar-refractivity contribution in [1.29, 1.82) is 0 Å².